The van der Waals surface area contributed by atoms with E-state index < -0.39 is 23.9 Å². The molecule has 1 atom stereocenters. The lowest BCUT2D eigenvalue weighted by atomic mass is 10.3. The minimum Gasteiger partial charge on any atom is -0.501 e. The van der Waals surface area contributed by atoms with Crippen molar-refractivity contribution in [3.8, 4) is 0 Å². The summed E-state index contributed by atoms with van der Waals surface area (Å²) in [4.78, 5) is 33.2. The van der Waals surface area contributed by atoms with Crippen molar-refractivity contribution in [2.75, 3.05) is 13.7 Å². The third kappa shape index (κ3) is 6.93. The average molecular weight is 244 g/mol. The molecule has 0 aliphatic heterocycles. The fraction of sp³-hybridized carbons (Fsp3) is 0.500. The monoisotopic (exact) mass is 244 g/mol. The van der Waals surface area contributed by atoms with Gasteiger partial charge < -0.3 is 14.8 Å². The molecule has 7 heteroatoms. The summed E-state index contributed by atoms with van der Waals surface area (Å²) < 4.78 is 9.17. The number of hydrogen-bond acceptors (Lipinski definition) is 5. The highest BCUT2D eigenvalue weighted by Crippen LogP contribution is 1.85. The van der Waals surface area contributed by atoms with Crippen molar-refractivity contribution >= 4 is 17.9 Å². The van der Waals surface area contributed by atoms with Gasteiger partial charge in [-0.05, 0) is 13.8 Å². The van der Waals surface area contributed by atoms with Gasteiger partial charge in [0.15, 0.2) is 0 Å². The Labute approximate surface area is 99.1 Å². The molecule has 0 saturated carbocycles. The molecule has 0 spiro atoms. The predicted molar refractivity (Wildman–Crippen MR) is 58.9 cm³/mol. The fourth-order valence-corrected chi connectivity index (χ4v) is 0.828. The zero-order chi connectivity index (χ0) is 13.3. The summed E-state index contributed by atoms with van der Waals surface area (Å²) >= 11 is 0. The standard InChI is InChI=1S/C10H16N2O5/c1-4-17-6-5-8(13)12-10(15)11-7(2)9(14)16-3/h5-7H,4H2,1-3H3,(H2,11,12,13,15)/b6-5+/t7-/m0/s1. The molecule has 0 aromatic carbocycles. The molecule has 17 heavy (non-hydrogen) atoms. The molecule has 0 unspecified atom stereocenters. The van der Waals surface area contributed by atoms with E-state index in [-0.39, 0.29) is 0 Å². The summed E-state index contributed by atoms with van der Waals surface area (Å²) in [5, 5.41) is 4.22. The van der Waals surface area contributed by atoms with Gasteiger partial charge in [-0.1, -0.05) is 0 Å². The molecule has 0 saturated heterocycles. The van der Waals surface area contributed by atoms with Gasteiger partial charge in [0.25, 0.3) is 5.91 Å². The lowest BCUT2D eigenvalue weighted by Crippen LogP contribution is -2.46. The predicted octanol–water partition coefficient (Wildman–Crippen LogP) is -0.0761. The zero-order valence-corrected chi connectivity index (χ0v) is 9.98. The quantitative estimate of drug-likeness (QED) is 0.401. The summed E-state index contributed by atoms with van der Waals surface area (Å²) in [6.45, 7) is 3.62. The number of hydrogen-bond donors (Lipinski definition) is 2. The maximum Gasteiger partial charge on any atom is 0.328 e. The van der Waals surface area contributed by atoms with Gasteiger partial charge in [0.05, 0.1) is 20.0 Å². The van der Waals surface area contributed by atoms with Crippen LogP contribution in [-0.4, -0.2) is 37.7 Å². The van der Waals surface area contributed by atoms with E-state index in [1.165, 1.54) is 20.3 Å². The summed E-state index contributed by atoms with van der Waals surface area (Å²) in [5.41, 5.74) is 0. The van der Waals surface area contributed by atoms with E-state index in [0.717, 1.165) is 6.08 Å². The molecular formula is C10H16N2O5. The Morgan fingerprint density at radius 3 is 2.53 bits per heavy atom. The SMILES string of the molecule is CCO/C=C/C(=O)NC(=O)N[C@@H](C)C(=O)OC. The van der Waals surface area contributed by atoms with E-state index in [1.807, 2.05) is 5.32 Å². The Hall–Kier alpha value is -2.05. The molecular weight excluding hydrogens is 228 g/mol. The largest absolute Gasteiger partial charge is 0.501 e. The molecule has 2 N–H and O–H groups in total. The highest BCUT2D eigenvalue weighted by molar-refractivity contribution is 6.00. The van der Waals surface area contributed by atoms with Crippen LogP contribution in [0.5, 0.6) is 0 Å². The maximum absolute atomic E-state index is 11.2. The lowest BCUT2D eigenvalue weighted by Gasteiger charge is -2.10. The van der Waals surface area contributed by atoms with E-state index in [0.29, 0.717) is 6.61 Å². The number of urea groups is 1. The van der Waals surface area contributed by atoms with Crippen LogP contribution >= 0.6 is 0 Å². The number of carbonyl (C=O) groups excluding carboxylic acids is 3. The number of ether oxygens (including phenoxy) is 2. The van der Waals surface area contributed by atoms with Gasteiger partial charge in [-0.25, -0.2) is 9.59 Å². The fourth-order valence-electron chi connectivity index (χ4n) is 0.828. The van der Waals surface area contributed by atoms with Crippen LogP contribution in [-0.2, 0) is 19.1 Å². The normalized spacial score (nSPS) is 11.7. The Bertz CT molecular complexity index is 314. The summed E-state index contributed by atoms with van der Waals surface area (Å²) in [5.74, 6) is -1.24. The number of carbonyl (C=O) groups is 3. The van der Waals surface area contributed by atoms with Crippen molar-refractivity contribution in [2.24, 2.45) is 0 Å². The minimum atomic E-state index is -0.830. The van der Waals surface area contributed by atoms with E-state index >= 15 is 0 Å². The van der Waals surface area contributed by atoms with Gasteiger partial charge in [-0.2, -0.15) is 0 Å². The van der Waals surface area contributed by atoms with Crippen LogP contribution in [0.1, 0.15) is 13.8 Å². The molecule has 0 bridgehead atoms. The van der Waals surface area contributed by atoms with Crippen LogP contribution in [0.15, 0.2) is 12.3 Å². The van der Waals surface area contributed by atoms with E-state index in [2.05, 4.69) is 10.1 Å². The maximum atomic E-state index is 11.2. The highest BCUT2D eigenvalue weighted by Gasteiger charge is 2.16. The molecule has 0 aromatic rings. The van der Waals surface area contributed by atoms with Gasteiger partial charge >= 0.3 is 12.0 Å². The number of methoxy groups -OCH3 is 1. The number of esters is 1. The molecule has 0 radical (unpaired) electrons. The number of nitrogens with one attached hydrogen (secondary N) is 2. The van der Waals surface area contributed by atoms with Crippen molar-refractivity contribution in [2.45, 2.75) is 19.9 Å². The van der Waals surface area contributed by atoms with Gasteiger partial charge in [0.2, 0.25) is 0 Å². The van der Waals surface area contributed by atoms with Crippen LogP contribution in [0.3, 0.4) is 0 Å². The second-order valence-electron chi connectivity index (χ2n) is 2.97. The van der Waals surface area contributed by atoms with E-state index in [9.17, 15) is 14.4 Å². The molecule has 0 rings (SSSR count). The Balaban J connectivity index is 4.01. The van der Waals surface area contributed by atoms with Crippen LogP contribution < -0.4 is 10.6 Å². The lowest BCUT2D eigenvalue weighted by molar-refractivity contribution is -0.142. The molecule has 0 heterocycles. The summed E-state index contributed by atoms with van der Waals surface area (Å²) in [7, 11) is 1.20. The summed E-state index contributed by atoms with van der Waals surface area (Å²) in [6.07, 6.45) is 2.23. The number of rotatable bonds is 5. The topological polar surface area (TPSA) is 93.7 Å². The Morgan fingerprint density at radius 1 is 1.35 bits per heavy atom. The van der Waals surface area contributed by atoms with E-state index in [4.69, 9.17) is 4.74 Å². The van der Waals surface area contributed by atoms with Gasteiger partial charge in [0.1, 0.15) is 6.04 Å². The zero-order valence-electron chi connectivity index (χ0n) is 9.98. The first-order valence-electron chi connectivity index (χ1n) is 4.98. The second-order valence-corrected chi connectivity index (χ2v) is 2.97. The highest BCUT2D eigenvalue weighted by atomic mass is 16.5. The third-order valence-corrected chi connectivity index (χ3v) is 1.62. The van der Waals surface area contributed by atoms with Crippen LogP contribution in [0.25, 0.3) is 0 Å². The second kappa shape index (κ2) is 8.14. The van der Waals surface area contributed by atoms with Crippen molar-refractivity contribution in [1.82, 2.24) is 10.6 Å². The van der Waals surface area contributed by atoms with Gasteiger partial charge in [-0.15, -0.1) is 0 Å². The molecule has 0 aromatic heterocycles. The van der Waals surface area contributed by atoms with Crippen LogP contribution in [0.4, 0.5) is 4.79 Å². The first-order chi connectivity index (χ1) is 8.01. The first-order valence-corrected chi connectivity index (χ1v) is 4.98. The Morgan fingerprint density at radius 2 is 2.00 bits per heavy atom. The molecule has 7 nitrogen and oxygen atoms in total. The first kappa shape index (κ1) is 14.9. The Kier molecular flexibility index (Phi) is 7.16. The van der Waals surface area contributed by atoms with Crippen molar-refractivity contribution < 1.29 is 23.9 Å². The van der Waals surface area contributed by atoms with Crippen molar-refractivity contribution in [3.63, 3.8) is 0 Å². The summed E-state index contributed by atoms with van der Waals surface area (Å²) in [6, 6.07) is -1.61. The molecule has 0 fully saturated rings. The van der Waals surface area contributed by atoms with Crippen LogP contribution in [0, 0.1) is 0 Å². The smallest absolute Gasteiger partial charge is 0.328 e. The average Bonchev–Trinajstić information content (AvgIpc) is 2.27. The van der Waals surface area contributed by atoms with Crippen LogP contribution in [0.2, 0.25) is 0 Å². The number of imide groups is 1. The third-order valence-electron chi connectivity index (χ3n) is 1.62. The van der Waals surface area contributed by atoms with Gasteiger partial charge in [-0.3, -0.25) is 10.1 Å². The molecule has 96 valence electrons. The van der Waals surface area contributed by atoms with Crippen molar-refractivity contribution in [3.05, 3.63) is 12.3 Å². The number of amides is 3. The minimum absolute atomic E-state index is 0.426. The van der Waals surface area contributed by atoms with E-state index in [1.54, 1.807) is 6.92 Å². The molecule has 3 amide bonds. The molecule has 0 aliphatic rings. The van der Waals surface area contributed by atoms with Crippen molar-refractivity contribution in [1.29, 1.82) is 0 Å². The molecule has 0 aliphatic carbocycles. The van der Waals surface area contributed by atoms with Gasteiger partial charge in [0, 0.05) is 6.08 Å².